The first-order valence-electron chi connectivity index (χ1n) is 5.37. The molecule has 2 nitrogen and oxygen atoms in total. The van der Waals surface area contributed by atoms with Crippen LogP contribution in [0.3, 0.4) is 0 Å². The Morgan fingerprint density at radius 1 is 1.41 bits per heavy atom. The minimum atomic E-state index is -4.11. The Bertz CT molecular complexity index is 336. The van der Waals surface area contributed by atoms with Gasteiger partial charge in [-0.2, -0.15) is 13.2 Å². The number of rotatable bonds is 6. The van der Waals surface area contributed by atoms with Crippen LogP contribution >= 0.6 is 11.3 Å². The first kappa shape index (κ1) is 14.5. The normalized spacial score (nSPS) is 12.4. The molecular formula is C11H17F3N2S. The smallest absolute Gasteiger partial charge is 0.311 e. The van der Waals surface area contributed by atoms with Gasteiger partial charge in [-0.15, -0.1) is 11.3 Å². The van der Waals surface area contributed by atoms with Gasteiger partial charge in [-0.05, 0) is 31.0 Å². The predicted molar refractivity (Wildman–Crippen MR) is 64.3 cm³/mol. The quantitative estimate of drug-likeness (QED) is 0.796. The molecular weight excluding hydrogens is 249 g/mol. The first-order chi connectivity index (χ1) is 7.88. The lowest BCUT2D eigenvalue weighted by Crippen LogP contribution is -2.35. The molecule has 0 amide bonds. The summed E-state index contributed by atoms with van der Waals surface area (Å²) in [5.74, 6) is 0. The van der Waals surface area contributed by atoms with Gasteiger partial charge in [-0.1, -0.05) is 0 Å². The van der Waals surface area contributed by atoms with E-state index in [1.807, 2.05) is 18.4 Å². The van der Waals surface area contributed by atoms with Crippen LogP contribution in [0.25, 0.3) is 0 Å². The fourth-order valence-electron chi connectivity index (χ4n) is 1.44. The molecule has 0 aliphatic rings. The SMILES string of the molecule is Cc1ccsc1CNCCN(C)CC(F)(F)F. The first-order valence-corrected chi connectivity index (χ1v) is 6.25. The van der Waals surface area contributed by atoms with Crippen molar-refractivity contribution in [3.8, 4) is 0 Å². The maximum Gasteiger partial charge on any atom is 0.401 e. The van der Waals surface area contributed by atoms with Crippen LogP contribution in [-0.2, 0) is 6.54 Å². The van der Waals surface area contributed by atoms with E-state index >= 15 is 0 Å². The highest BCUT2D eigenvalue weighted by atomic mass is 32.1. The van der Waals surface area contributed by atoms with Crippen molar-refractivity contribution in [2.24, 2.45) is 0 Å². The van der Waals surface area contributed by atoms with Gasteiger partial charge >= 0.3 is 6.18 Å². The van der Waals surface area contributed by atoms with Crippen molar-refractivity contribution in [1.29, 1.82) is 0 Å². The number of likely N-dealkylation sites (N-methyl/N-ethyl adjacent to an activating group) is 1. The molecule has 0 fully saturated rings. The van der Waals surface area contributed by atoms with Gasteiger partial charge in [0.15, 0.2) is 0 Å². The molecule has 17 heavy (non-hydrogen) atoms. The number of aryl methyl sites for hydroxylation is 1. The molecule has 6 heteroatoms. The Kier molecular flexibility index (Phi) is 5.42. The van der Waals surface area contributed by atoms with Gasteiger partial charge in [0, 0.05) is 24.5 Å². The molecule has 0 unspecified atom stereocenters. The zero-order valence-electron chi connectivity index (χ0n) is 9.97. The van der Waals surface area contributed by atoms with E-state index in [1.165, 1.54) is 22.4 Å². The molecule has 0 aliphatic heterocycles. The number of hydrogen-bond donors (Lipinski definition) is 1. The number of nitrogens with one attached hydrogen (secondary N) is 1. The van der Waals surface area contributed by atoms with Crippen molar-refractivity contribution in [1.82, 2.24) is 10.2 Å². The van der Waals surface area contributed by atoms with Crippen LogP contribution in [0, 0.1) is 6.92 Å². The van der Waals surface area contributed by atoms with E-state index in [1.54, 1.807) is 11.3 Å². The van der Waals surface area contributed by atoms with Crippen LogP contribution in [0.4, 0.5) is 13.2 Å². The molecule has 1 heterocycles. The van der Waals surface area contributed by atoms with E-state index in [0.717, 1.165) is 6.54 Å². The molecule has 0 spiro atoms. The predicted octanol–water partition coefficient (Wildman–Crippen LogP) is 2.64. The molecule has 0 atom stereocenters. The second-order valence-corrected chi connectivity index (χ2v) is 5.06. The summed E-state index contributed by atoms with van der Waals surface area (Å²) in [6, 6.07) is 2.04. The van der Waals surface area contributed by atoms with Gasteiger partial charge in [0.25, 0.3) is 0 Å². The maximum atomic E-state index is 12.0. The zero-order valence-corrected chi connectivity index (χ0v) is 10.8. The van der Waals surface area contributed by atoms with Gasteiger partial charge in [-0.3, -0.25) is 4.90 Å². The highest BCUT2D eigenvalue weighted by Crippen LogP contribution is 2.16. The summed E-state index contributed by atoms with van der Waals surface area (Å²) in [7, 11) is 1.48. The lowest BCUT2D eigenvalue weighted by molar-refractivity contribution is -0.142. The molecule has 0 saturated carbocycles. The Labute approximate surface area is 103 Å². The third kappa shape index (κ3) is 6.05. The third-order valence-corrected chi connectivity index (χ3v) is 3.40. The fourth-order valence-corrected chi connectivity index (χ4v) is 2.32. The minimum Gasteiger partial charge on any atom is -0.311 e. The van der Waals surface area contributed by atoms with Crippen LogP contribution < -0.4 is 5.32 Å². The molecule has 0 saturated heterocycles. The Morgan fingerprint density at radius 2 is 2.12 bits per heavy atom. The molecule has 1 rings (SSSR count). The van der Waals surface area contributed by atoms with Crippen molar-refractivity contribution in [3.63, 3.8) is 0 Å². The van der Waals surface area contributed by atoms with Crippen LogP contribution in [-0.4, -0.2) is 37.8 Å². The molecule has 1 aromatic rings. The molecule has 98 valence electrons. The van der Waals surface area contributed by atoms with Crippen LogP contribution in [0.5, 0.6) is 0 Å². The number of hydrogen-bond acceptors (Lipinski definition) is 3. The van der Waals surface area contributed by atoms with Gasteiger partial charge < -0.3 is 5.32 Å². The summed E-state index contributed by atoms with van der Waals surface area (Å²) < 4.78 is 36.1. The van der Waals surface area contributed by atoms with Crippen LogP contribution in [0.2, 0.25) is 0 Å². The Morgan fingerprint density at radius 3 is 2.65 bits per heavy atom. The summed E-state index contributed by atoms with van der Waals surface area (Å²) >= 11 is 1.66. The van der Waals surface area contributed by atoms with Crippen molar-refractivity contribution in [2.75, 3.05) is 26.7 Å². The summed E-state index contributed by atoms with van der Waals surface area (Å²) in [5.41, 5.74) is 1.23. The largest absolute Gasteiger partial charge is 0.401 e. The van der Waals surface area contributed by atoms with Crippen molar-refractivity contribution < 1.29 is 13.2 Å². The summed E-state index contributed by atoms with van der Waals surface area (Å²) in [6.45, 7) is 2.85. The fraction of sp³-hybridized carbons (Fsp3) is 0.636. The average Bonchev–Trinajstić information content (AvgIpc) is 2.56. The van der Waals surface area contributed by atoms with Gasteiger partial charge in [-0.25, -0.2) is 0 Å². The molecule has 1 N–H and O–H groups in total. The standard InChI is InChI=1S/C11H17F3N2S/c1-9-3-6-17-10(9)7-15-4-5-16(2)8-11(12,13)14/h3,6,15H,4-5,7-8H2,1-2H3. The van der Waals surface area contributed by atoms with Crippen molar-refractivity contribution in [3.05, 3.63) is 21.9 Å². The highest BCUT2D eigenvalue weighted by Gasteiger charge is 2.28. The maximum absolute atomic E-state index is 12.0. The second kappa shape index (κ2) is 6.37. The molecule has 0 radical (unpaired) electrons. The number of thiophene rings is 1. The lowest BCUT2D eigenvalue weighted by Gasteiger charge is -2.18. The number of alkyl halides is 3. The van der Waals surface area contributed by atoms with E-state index < -0.39 is 12.7 Å². The van der Waals surface area contributed by atoms with E-state index in [-0.39, 0.29) is 0 Å². The zero-order chi connectivity index (χ0) is 12.9. The topological polar surface area (TPSA) is 15.3 Å². The number of halogens is 3. The monoisotopic (exact) mass is 266 g/mol. The molecule has 1 aromatic heterocycles. The van der Waals surface area contributed by atoms with Crippen molar-refractivity contribution in [2.45, 2.75) is 19.6 Å². The minimum absolute atomic E-state index is 0.393. The van der Waals surface area contributed by atoms with Crippen LogP contribution in [0.15, 0.2) is 11.4 Å². The lowest BCUT2D eigenvalue weighted by atomic mass is 10.3. The molecule has 0 aromatic carbocycles. The van der Waals surface area contributed by atoms with E-state index in [0.29, 0.717) is 13.1 Å². The van der Waals surface area contributed by atoms with Crippen LogP contribution in [0.1, 0.15) is 10.4 Å². The molecule has 0 bridgehead atoms. The molecule has 0 aliphatic carbocycles. The number of nitrogens with zero attached hydrogens (tertiary/aromatic N) is 1. The summed E-state index contributed by atoms with van der Waals surface area (Å²) in [6.07, 6.45) is -4.11. The highest BCUT2D eigenvalue weighted by molar-refractivity contribution is 7.10. The van der Waals surface area contributed by atoms with Gasteiger partial charge in [0.2, 0.25) is 0 Å². The van der Waals surface area contributed by atoms with E-state index in [4.69, 9.17) is 0 Å². The summed E-state index contributed by atoms with van der Waals surface area (Å²) in [4.78, 5) is 2.51. The second-order valence-electron chi connectivity index (χ2n) is 4.06. The van der Waals surface area contributed by atoms with Gasteiger partial charge in [0.05, 0.1) is 6.54 Å². The average molecular weight is 266 g/mol. The van der Waals surface area contributed by atoms with E-state index in [9.17, 15) is 13.2 Å². The third-order valence-electron chi connectivity index (χ3n) is 2.37. The van der Waals surface area contributed by atoms with E-state index in [2.05, 4.69) is 5.32 Å². The van der Waals surface area contributed by atoms with Crippen molar-refractivity contribution >= 4 is 11.3 Å². The Balaban J connectivity index is 2.14. The summed E-state index contributed by atoms with van der Waals surface area (Å²) in [5, 5.41) is 5.16. The van der Waals surface area contributed by atoms with Gasteiger partial charge in [0.1, 0.15) is 0 Å². The Hall–Kier alpha value is -0.590.